The van der Waals surface area contributed by atoms with Gasteiger partial charge < -0.3 is 54.3 Å². The second-order valence-corrected chi connectivity index (χ2v) is 14.6. The predicted octanol–water partition coefficient (Wildman–Crippen LogP) is 1.30. The van der Waals surface area contributed by atoms with E-state index in [0.717, 1.165) is 44.6 Å². The number of carbonyl (C=O) groups is 4. The van der Waals surface area contributed by atoms with Gasteiger partial charge in [0.15, 0.2) is 28.8 Å². The Morgan fingerprint density at radius 3 is 2.18 bits per heavy atom. The van der Waals surface area contributed by atoms with Gasteiger partial charge in [-0.25, -0.2) is 9.18 Å². The van der Waals surface area contributed by atoms with Gasteiger partial charge in [-0.15, -0.1) is 0 Å². The molecule has 1 fully saturated rings. The molecule has 302 valence electrons. The molecule has 3 aromatic rings. The van der Waals surface area contributed by atoms with Crippen molar-refractivity contribution in [2.45, 2.75) is 80.2 Å². The fourth-order valence-electron chi connectivity index (χ4n) is 9.10. The fourth-order valence-corrected chi connectivity index (χ4v) is 9.10. The SMILES string of the molecule is COC(=O)c1c(C)cc2c(c1O)[C@]1(O)C(=O)c3cc4c(c(O)c3C(=O)[C@]1(OC)[C@H](O)C2)C(=O)CC(=N[C@H]1O[C@@H](C)[C@H](OC)[C@@H](O)[C@H]1OC)C4(O)c1ccc(F)cc1. The molecule has 1 aliphatic heterocycles. The van der Waals surface area contributed by atoms with Gasteiger partial charge in [0.05, 0.1) is 42.6 Å². The van der Waals surface area contributed by atoms with Gasteiger partial charge in [-0.2, -0.15) is 0 Å². The lowest BCUT2D eigenvalue weighted by atomic mass is 9.56. The summed E-state index contributed by atoms with van der Waals surface area (Å²) in [6.45, 7) is 3.03. The van der Waals surface area contributed by atoms with Crippen molar-refractivity contribution in [1.82, 2.24) is 0 Å². The first-order valence-electron chi connectivity index (χ1n) is 17.8. The molecule has 0 radical (unpaired) electrons. The lowest BCUT2D eigenvalue weighted by Gasteiger charge is -2.53. The lowest BCUT2D eigenvalue weighted by Crippen LogP contribution is -2.73. The number of hydrogen-bond donors (Lipinski definition) is 6. The summed E-state index contributed by atoms with van der Waals surface area (Å²) < 4.78 is 41.6. The number of esters is 1. The summed E-state index contributed by atoms with van der Waals surface area (Å²) in [5.74, 6) is -7.55. The smallest absolute Gasteiger partial charge is 0.341 e. The number of Topliss-reactive ketones (excluding diaryl/α,β-unsaturated/α-hetero) is 3. The van der Waals surface area contributed by atoms with Crippen molar-refractivity contribution >= 4 is 29.0 Å². The number of hydrogen-bond acceptors (Lipinski definition) is 16. The average molecular weight is 794 g/mol. The van der Waals surface area contributed by atoms with Crippen molar-refractivity contribution < 1.29 is 77.9 Å². The van der Waals surface area contributed by atoms with Crippen molar-refractivity contribution in [2.75, 3.05) is 28.4 Å². The zero-order valence-corrected chi connectivity index (χ0v) is 31.5. The standard InChI is InChI=1S/C40H40FNO15/c1-15-11-17-12-24(44)40(56-6)35(49)26-20(34(48)39(40,52)28(17)30(46)25(15)37(50)55-5)13-21-27(29(26)45)22(43)14-23(38(21,51)18-7-9-19(41)10-8-18)42-36-33(54-4)31(47)32(53-3)16(2)57-36/h7-11,13,16,24,31-33,36,44-47,51-52H,12,14H2,1-6H3/t16-,24+,31+,32-,33+,36-,38?,39-,40+/m0/s1. The first-order chi connectivity index (χ1) is 26.9. The molecule has 57 heavy (non-hydrogen) atoms. The van der Waals surface area contributed by atoms with E-state index < -0.39 is 140 Å². The fraction of sp³-hybridized carbons (Fsp3) is 0.425. The van der Waals surface area contributed by atoms with Crippen molar-refractivity contribution in [3.05, 3.63) is 92.3 Å². The highest BCUT2D eigenvalue weighted by atomic mass is 19.1. The molecule has 7 rings (SSSR count). The maximum absolute atomic E-state index is 15.0. The van der Waals surface area contributed by atoms with Gasteiger partial charge in [-0.1, -0.05) is 18.2 Å². The maximum atomic E-state index is 15.0. The highest BCUT2D eigenvalue weighted by Crippen LogP contribution is 2.57. The number of halogens is 1. The highest BCUT2D eigenvalue weighted by molar-refractivity contribution is 6.28. The van der Waals surface area contributed by atoms with Gasteiger partial charge in [0.25, 0.3) is 0 Å². The number of fused-ring (bicyclic) bond motifs is 5. The van der Waals surface area contributed by atoms with Crippen LogP contribution in [0.1, 0.15) is 82.6 Å². The van der Waals surface area contributed by atoms with Crippen LogP contribution in [0.15, 0.2) is 41.4 Å². The third kappa shape index (κ3) is 5.24. The van der Waals surface area contributed by atoms with Crippen LogP contribution in [-0.2, 0) is 41.3 Å². The zero-order chi connectivity index (χ0) is 41.7. The molecular formula is C40H40FNO15. The molecule has 0 saturated carbocycles. The van der Waals surface area contributed by atoms with Gasteiger partial charge in [-0.05, 0) is 48.7 Å². The Morgan fingerprint density at radius 1 is 0.930 bits per heavy atom. The Bertz CT molecular complexity index is 2280. The summed E-state index contributed by atoms with van der Waals surface area (Å²) >= 11 is 0. The predicted molar refractivity (Wildman–Crippen MR) is 192 cm³/mol. The van der Waals surface area contributed by atoms with Crippen LogP contribution in [0.5, 0.6) is 11.5 Å². The molecule has 17 heteroatoms. The van der Waals surface area contributed by atoms with Crippen LogP contribution in [-0.4, -0.2) is 130 Å². The lowest BCUT2D eigenvalue weighted by molar-refractivity contribution is -0.228. The second-order valence-electron chi connectivity index (χ2n) is 14.6. The molecule has 0 amide bonds. The van der Waals surface area contributed by atoms with Crippen LogP contribution >= 0.6 is 0 Å². The van der Waals surface area contributed by atoms with E-state index in [9.17, 15) is 49.4 Å². The molecule has 1 saturated heterocycles. The summed E-state index contributed by atoms with van der Waals surface area (Å²) in [4.78, 5) is 61.4. The Hall–Kier alpha value is -4.98. The largest absolute Gasteiger partial charge is 0.507 e. The summed E-state index contributed by atoms with van der Waals surface area (Å²) in [7, 11) is 4.57. The molecule has 1 heterocycles. The minimum absolute atomic E-state index is 0.0353. The van der Waals surface area contributed by atoms with E-state index in [-0.39, 0.29) is 22.4 Å². The Morgan fingerprint density at radius 2 is 1.58 bits per heavy atom. The van der Waals surface area contributed by atoms with Crippen LogP contribution in [0.4, 0.5) is 4.39 Å². The molecule has 0 aromatic heterocycles. The van der Waals surface area contributed by atoms with E-state index in [2.05, 4.69) is 4.99 Å². The zero-order valence-electron chi connectivity index (χ0n) is 31.5. The van der Waals surface area contributed by atoms with Gasteiger partial charge in [0, 0.05) is 44.4 Å². The number of benzene rings is 3. The minimum atomic E-state index is -3.31. The molecule has 0 bridgehead atoms. The molecule has 0 spiro atoms. The summed E-state index contributed by atoms with van der Waals surface area (Å²) in [6, 6.07) is 6.53. The molecule has 3 aromatic carbocycles. The quantitative estimate of drug-likeness (QED) is 0.193. The number of carbonyl (C=O) groups excluding carboxylic acids is 4. The molecule has 1 unspecified atom stereocenters. The third-order valence-corrected chi connectivity index (χ3v) is 11.8. The molecule has 9 atom stereocenters. The van der Waals surface area contributed by atoms with Crippen molar-refractivity contribution in [3.63, 3.8) is 0 Å². The van der Waals surface area contributed by atoms with Crippen molar-refractivity contribution in [2.24, 2.45) is 4.99 Å². The highest BCUT2D eigenvalue weighted by Gasteiger charge is 2.73. The number of aryl methyl sites for hydroxylation is 1. The normalized spacial score (nSPS) is 32.7. The number of phenols is 2. The van der Waals surface area contributed by atoms with Gasteiger partial charge >= 0.3 is 5.97 Å². The number of ether oxygens (including phenoxy) is 5. The summed E-state index contributed by atoms with van der Waals surface area (Å²) in [6.07, 6.45) is -8.78. The molecule has 16 nitrogen and oxygen atoms in total. The van der Waals surface area contributed by atoms with Crippen molar-refractivity contribution in [1.29, 1.82) is 0 Å². The Labute approximate surface area is 324 Å². The van der Waals surface area contributed by atoms with Gasteiger partial charge in [-0.3, -0.25) is 19.4 Å². The number of aliphatic hydroxyl groups is 4. The van der Waals surface area contributed by atoms with Gasteiger partial charge in [0.1, 0.15) is 41.2 Å². The first kappa shape index (κ1) is 40.2. The topological polar surface area (TPSA) is 248 Å². The number of aliphatic hydroxyl groups excluding tert-OH is 2. The Kier molecular flexibility index (Phi) is 9.77. The number of methoxy groups -OCH3 is 4. The van der Waals surface area contributed by atoms with Crippen LogP contribution in [0.2, 0.25) is 0 Å². The molecular weight excluding hydrogens is 753 g/mol. The second kappa shape index (κ2) is 13.8. The third-order valence-electron chi connectivity index (χ3n) is 11.8. The number of nitrogens with zero attached hydrogens (tertiary/aromatic N) is 1. The molecule has 6 N–H and O–H groups in total. The Balaban J connectivity index is 1.52. The van der Waals surface area contributed by atoms with E-state index in [1.807, 2.05) is 0 Å². The summed E-state index contributed by atoms with van der Waals surface area (Å²) in [5, 5.41) is 71.9. The monoisotopic (exact) mass is 793 g/mol. The van der Waals surface area contributed by atoms with E-state index in [4.69, 9.17) is 23.7 Å². The van der Waals surface area contributed by atoms with Crippen LogP contribution in [0.25, 0.3) is 0 Å². The van der Waals surface area contributed by atoms with Crippen LogP contribution in [0.3, 0.4) is 0 Å². The maximum Gasteiger partial charge on any atom is 0.341 e. The number of ketones is 3. The van der Waals surface area contributed by atoms with Crippen molar-refractivity contribution in [3.8, 4) is 11.5 Å². The molecule has 3 aliphatic carbocycles. The number of aliphatic imine (C=N–C) groups is 1. The first-order valence-corrected chi connectivity index (χ1v) is 17.8. The van der Waals surface area contributed by atoms with E-state index in [1.165, 1.54) is 27.2 Å². The number of rotatable bonds is 6. The number of phenolic OH excluding ortho intramolecular Hbond substituents is 2. The van der Waals surface area contributed by atoms with Crippen LogP contribution < -0.4 is 0 Å². The molecule has 4 aliphatic rings. The number of aromatic hydroxyl groups is 2. The van der Waals surface area contributed by atoms with Gasteiger partial charge in [0.2, 0.25) is 11.6 Å². The van der Waals surface area contributed by atoms with E-state index in [1.54, 1.807) is 6.92 Å². The van der Waals surface area contributed by atoms with Crippen LogP contribution in [0, 0.1) is 12.7 Å². The van der Waals surface area contributed by atoms with E-state index in [0.29, 0.717) is 0 Å². The average Bonchev–Trinajstić information content (AvgIpc) is 3.16. The summed E-state index contributed by atoms with van der Waals surface area (Å²) in [5.41, 5.74) is -13.2. The minimum Gasteiger partial charge on any atom is -0.507 e. The van der Waals surface area contributed by atoms with E-state index >= 15 is 4.79 Å².